The van der Waals surface area contributed by atoms with Crippen LogP contribution in [0.25, 0.3) is 5.57 Å². The van der Waals surface area contributed by atoms with Crippen LogP contribution >= 0.6 is 0 Å². The van der Waals surface area contributed by atoms with Crippen molar-refractivity contribution in [2.24, 2.45) is 0 Å². The zero-order valence-corrected chi connectivity index (χ0v) is 12.9. The molecule has 1 amide bonds. The highest BCUT2D eigenvalue weighted by Crippen LogP contribution is 2.20. The van der Waals surface area contributed by atoms with E-state index in [1.807, 2.05) is 0 Å². The van der Waals surface area contributed by atoms with Crippen LogP contribution in [0, 0.1) is 0 Å². The van der Waals surface area contributed by atoms with Crippen LogP contribution in [0.4, 0.5) is 0 Å². The Morgan fingerprint density at radius 3 is 2.29 bits per heavy atom. The molecule has 0 aliphatic rings. The first-order valence-corrected chi connectivity index (χ1v) is 7.05. The van der Waals surface area contributed by atoms with Gasteiger partial charge in [-0.15, -0.1) is 0 Å². The number of hydrogen-bond acceptors (Lipinski definition) is 4. The molecule has 0 spiro atoms. The Balaban J connectivity index is 2.24. The van der Waals surface area contributed by atoms with Crippen molar-refractivity contribution in [3.63, 3.8) is 0 Å². The van der Waals surface area contributed by atoms with E-state index in [1.165, 1.54) is 19.1 Å². The zero-order valence-electron chi connectivity index (χ0n) is 12.9. The van der Waals surface area contributed by atoms with Crippen LogP contribution in [0.15, 0.2) is 60.8 Å². The number of aliphatic carboxylic acids is 1. The third kappa shape index (κ3) is 4.54. The Morgan fingerprint density at radius 1 is 1.00 bits per heavy atom. The summed E-state index contributed by atoms with van der Waals surface area (Å²) in [5.74, 6) is -1.93. The summed E-state index contributed by atoms with van der Waals surface area (Å²) in [4.78, 5) is 34.4. The molecular formula is C18H15NO5. The van der Waals surface area contributed by atoms with E-state index in [1.54, 1.807) is 42.5 Å². The molecule has 0 aromatic heterocycles. The van der Waals surface area contributed by atoms with Crippen molar-refractivity contribution < 1.29 is 24.2 Å². The molecule has 0 aliphatic carbocycles. The smallest absolute Gasteiger partial charge is 0.337 e. The maximum atomic E-state index is 12.0. The van der Waals surface area contributed by atoms with E-state index in [-0.39, 0.29) is 11.3 Å². The lowest BCUT2D eigenvalue weighted by molar-refractivity contribution is -0.132. The minimum atomic E-state index is -1.22. The van der Waals surface area contributed by atoms with Crippen molar-refractivity contribution in [3.8, 4) is 5.75 Å². The fourth-order valence-corrected chi connectivity index (χ4v) is 1.97. The predicted molar refractivity (Wildman–Crippen MR) is 87.3 cm³/mol. The van der Waals surface area contributed by atoms with Gasteiger partial charge in [0.1, 0.15) is 5.75 Å². The molecule has 0 heterocycles. The van der Waals surface area contributed by atoms with Gasteiger partial charge in [-0.25, -0.2) is 4.79 Å². The Morgan fingerprint density at radius 2 is 1.67 bits per heavy atom. The van der Waals surface area contributed by atoms with Crippen molar-refractivity contribution in [3.05, 3.63) is 71.9 Å². The number of carbonyl (C=O) groups is 3. The van der Waals surface area contributed by atoms with Crippen molar-refractivity contribution in [1.82, 2.24) is 5.32 Å². The summed E-state index contributed by atoms with van der Waals surface area (Å²) in [7, 11) is 0. The number of hydrogen-bond donors (Lipinski definition) is 2. The van der Waals surface area contributed by atoms with Gasteiger partial charge in [0, 0.05) is 18.7 Å². The van der Waals surface area contributed by atoms with Crippen molar-refractivity contribution in [2.45, 2.75) is 6.92 Å². The summed E-state index contributed by atoms with van der Waals surface area (Å²) in [5.41, 5.74) is 0.579. The second-order valence-electron chi connectivity index (χ2n) is 4.82. The maximum Gasteiger partial charge on any atom is 0.337 e. The van der Waals surface area contributed by atoms with Crippen LogP contribution < -0.4 is 10.1 Å². The molecule has 0 fully saturated rings. The van der Waals surface area contributed by atoms with Crippen LogP contribution in [-0.2, 0) is 9.59 Å². The summed E-state index contributed by atoms with van der Waals surface area (Å²) < 4.78 is 4.93. The molecule has 0 bridgehead atoms. The van der Waals surface area contributed by atoms with E-state index in [9.17, 15) is 19.5 Å². The number of benzene rings is 2. The number of nitrogens with one attached hydrogen (secondary N) is 1. The SMILES string of the molecule is CC(=O)Oc1cccc(/C(=C/NC(=O)c2ccccc2)C(=O)O)c1. The van der Waals surface area contributed by atoms with Crippen molar-refractivity contribution in [1.29, 1.82) is 0 Å². The molecule has 122 valence electrons. The first-order valence-electron chi connectivity index (χ1n) is 7.05. The van der Waals surface area contributed by atoms with Gasteiger partial charge in [0.2, 0.25) is 0 Å². The fourth-order valence-electron chi connectivity index (χ4n) is 1.97. The summed E-state index contributed by atoms with van der Waals surface area (Å²) in [6, 6.07) is 14.5. The van der Waals surface area contributed by atoms with E-state index >= 15 is 0 Å². The second-order valence-corrected chi connectivity index (χ2v) is 4.82. The van der Waals surface area contributed by atoms with Crippen LogP contribution in [0.2, 0.25) is 0 Å². The molecule has 2 aromatic carbocycles. The van der Waals surface area contributed by atoms with E-state index in [4.69, 9.17) is 4.74 Å². The monoisotopic (exact) mass is 325 g/mol. The predicted octanol–water partition coefficient (Wildman–Crippen LogP) is 2.47. The number of ether oxygens (including phenoxy) is 1. The van der Waals surface area contributed by atoms with Gasteiger partial charge in [0.15, 0.2) is 0 Å². The molecular weight excluding hydrogens is 310 g/mol. The van der Waals surface area contributed by atoms with Gasteiger partial charge < -0.3 is 15.2 Å². The lowest BCUT2D eigenvalue weighted by Crippen LogP contribution is -2.18. The van der Waals surface area contributed by atoms with Gasteiger partial charge in [-0.1, -0.05) is 30.3 Å². The number of carbonyl (C=O) groups excluding carboxylic acids is 2. The minimum absolute atomic E-state index is 0.131. The Bertz CT molecular complexity index is 796. The highest BCUT2D eigenvalue weighted by atomic mass is 16.5. The van der Waals surface area contributed by atoms with Gasteiger partial charge in [-0.3, -0.25) is 9.59 Å². The van der Waals surface area contributed by atoms with E-state index < -0.39 is 17.8 Å². The molecule has 2 N–H and O–H groups in total. The van der Waals surface area contributed by atoms with Crippen LogP contribution in [0.3, 0.4) is 0 Å². The standard InChI is InChI=1S/C18H15NO5/c1-12(20)24-15-9-5-8-14(10-15)16(18(22)23)11-19-17(21)13-6-3-2-4-7-13/h2-11H,1H3,(H,19,21)(H,22,23)/b16-11-. The van der Waals surface area contributed by atoms with E-state index in [0.717, 1.165) is 6.20 Å². The molecule has 2 aromatic rings. The van der Waals surface area contributed by atoms with Crippen molar-refractivity contribution >= 4 is 23.4 Å². The lowest BCUT2D eigenvalue weighted by Gasteiger charge is -2.07. The maximum absolute atomic E-state index is 12.0. The molecule has 0 saturated carbocycles. The number of amides is 1. The largest absolute Gasteiger partial charge is 0.478 e. The highest BCUT2D eigenvalue weighted by Gasteiger charge is 2.13. The molecule has 0 saturated heterocycles. The minimum Gasteiger partial charge on any atom is -0.478 e. The molecule has 0 radical (unpaired) electrons. The number of carboxylic acids is 1. The normalized spacial score (nSPS) is 10.8. The van der Waals surface area contributed by atoms with E-state index in [2.05, 4.69) is 5.32 Å². The van der Waals surface area contributed by atoms with Gasteiger partial charge in [0.05, 0.1) is 5.57 Å². The average molecular weight is 325 g/mol. The molecule has 0 unspecified atom stereocenters. The fraction of sp³-hybridized carbons (Fsp3) is 0.0556. The van der Waals surface area contributed by atoms with Gasteiger partial charge in [0.25, 0.3) is 5.91 Å². The van der Waals surface area contributed by atoms with Gasteiger partial charge in [-0.05, 0) is 29.8 Å². The molecule has 0 atom stereocenters. The van der Waals surface area contributed by atoms with E-state index in [0.29, 0.717) is 11.1 Å². The van der Waals surface area contributed by atoms with Crippen LogP contribution in [0.5, 0.6) is 5.75 Å². The quantitative estimate of drug-likeness (QED) is 0.500. The number of carboxylic acid groups (broad SMARTS) is 1. The van der Waals surface area contributed by atoms with Gasteiger partial charge in [-0.2, -0.15) is 0 Å². The lowest BCUT2D eigenvalue weighted by atomic mass is 10.1. The highest BCUT2D eigenvalue weighted by molar-refractivity contribution is 6.16. The topological polar surface area (TPSA) is 92.7 Å². The average Bonchev–Trinajstić information content (AvgIpc) is 2.55. The van der Waals surface area contributed by atoms with Crippen LogP contribution in [0.1, 0.15) is 22.8 Å². The Kier molecular flexibility index (Phi) is 5.46. The van der Waals surface area contributed by atoms with Crippen LogP contribution in [-0.4, -0.2) is 23.0 Å². The Labute approximate surface area is 138 Å². The molecule has 6 heteroatoms. The van der Waals surface area contributed by atoms with Crippen molar-refractivity contribution in [2.75, 3.05) is 0 Å². The summed E-state index contributed by atoms with van der Waals surface area (Å²) in [6.45, 7) is 1.25. The first kappa shape index (κ1) is 17.0. The molecule has 2 rings (SSSR count). The number of rotatable bonds is 5. The Hall–Kier alpha value is -3.41. The third-order valence-electron chi connectivity index (χ3n) is 3.02. The summed E-state index contributed by atoms with van der Waals surface area (Å²) >= 11 is 0. The first-order chi connectivity index (χ1) is 11.5. The summed E-state index contributed by atoms with van der Waals surface area (Å²) in [5, 5.41) is 11.8. The second kappa shape index (κ2) is 7.73. The molecule has 24 heavy (non-hydrogen) atoms. The third-order valence-corrected chi connectivity index (χ3v) is 3.02. The van der Waals surface area contributed by atoms with Gasteiger partial charge >= 0.3 is 11.9 Å². The molecule has 0 aliphatic heterocycles. The molecule has 6 nitrogen and oxygen atoms in total. The number of esters is 1. The summed E-state index contributed by atoms with van der Waals surface area (Å²) in [6.07, 6.45) is 1.12. The zero-order chi connectivity index (χ0) is 17.5.